The summed E-state index contributed by atoms with van der Waals surface area (Å²) in [6, 6.07) is 32.2. The van der Waals surface area contributed by atoms with E-state index in [1.807, 2.05) is 86.6 Å². The third-order valence-electron chi connectivity index (χ3n) is 9.11. The van der Waals surface area contributed by atoms with Gasteiger partial charge in [0.05, 0.1) is 38.4 Å². The van der Waals surface area contributed by atoms with E-state index in [0.717, 1.165) is 16.7 Å². The van der Waals surface area contributed by atoms with E-state index in [1.165, 1.54) is 11.4 Å². The highest BCUT2D eigenvalue weighted by Gasteiger charge is 2.29. The standard InChI is InChI=1S/C42H53N2O10PS/c1-33(2)28-44(56(47,48)41-22-20-38(49-3)21-23-41)26-24-37(43-42(45)54-40-25-27-50-31-40)17-14-34-15-18-39(19-16-34)51-32-55(46,52-29-35-10-6-4-7-11-35)53-30-36-12-8-5-9-13-36/h4-13,15-16,18-23,33,37,40H,14,17,24-32H2,1-3H3,(H,43,45)/t37-,40?/m0/s1. The largest absolute Gasteiger partial charge is 0.497 e. The van der Waals surface area contributed by atoms with Crippen LogP contribution in [0.3, 0.4) is 0 Å². The van der Waals surface area contributed by atoms with Gasteiger partial charge < -0.3 is 33.3 Å². The molecule has 1 aliphatic rings. The van der Waals surface area contributed by atoms with E-state index < -0.39 is 29.8 Å². The molecule has 12 nitrogen and oxygen atoms in total. The first-order valence-electron chi connectivity index (χ1n) is 18.9. The van der Waals surface area contributed by atoms with Crippen molar-refractivity contribution in [3.05, 3.63) is 126 Å². The van der Waals surface area contributed by atoms with Crippen molar-refractivity contribution >= 4 is 23.7 Å². The molecule has 0 saturated carbocycles. The van der Waals surface area contributed by atoms with Crippen LogP contribution in [0, 0.1) is 5.92 Å². The van der Waals surface area contributed by atoms with Crippen molar-refractivity contribution < 1.29 is 45.8 Å². The number of benzene rings is 4. The number of hydrogen-bond acceptors (Lipinski definition) is 10. The SMILES string of the molecule is COc1ccc(S(=O)(=O)N(CC[C@H](CCc2ccc(OCP(=O)(OCc3ccccc3)OCc3ccccc3)cc2)NC(=O)OC2CCOC2)CC(C)C)cc1. The Balaban J connectivity index is 1.22. The van der Waals surface area contributed by atoms with Crippen molar-refractivity contribution in [2.24, 2.45) is 5.92 Å². The van der Waals surface area contributed by atoms with E-state index in [1.54, 1.807) is 36.4 Å². The van der Waals surface area contributed by atoms with Gasteiger partial charge in [0.25, 0.3) is 0 Å². The lowest BCUT2D eigenvalue weighted by atomic mass is 10.0. The average Bonchev–Trinajstić information content (AvgIpc) is 3.73. The lowest BCUT2D eigenvalue weighted by Crippen LogP contribution is -2.42. The highest BCUT2D eigenvalue weighted by molar-refractivity contribution is 7.89. The maximum atomic E-state index is 13.8. The minimum atomic E-state index is -3.82. The van der Waals surface area contributed by atoms with Crippen LogP contribution in [0.2, 0.25) is 0 Å². The predicted molar refractivity (Wildman–Crippen MR) is 214 cm³/mol. The summed E-state index contributed by atoms with van der Waals surface area (Å²) in [4.78, 5) is 13.2. The van der Waals surface area contributed by atoms with E-state index >= 15 is 0 Å². The molecule has 2 atom stereocenters. The summed E-state index contributed by atoms with van der Waals surface area (Å²) in [5.41, 5.74) is 2.69. The Morgan fingerprint density at radius 1 is 0.839 bits per heavy atom. The van der Waals surface area contributed by atoms with Gasteiger partial charge in [-0.3, -0.25) is 4.57 Å². The molecule has 0 bridgehead atoms. The third kappa shape index (κ3) is 13.8. The van der Waals surface area contributed by atoms with Gasteiger partial charge in [0.15, 0.2) is 6.35 Å². The van der Waals surface area contributed by atoms with Gasteiger partial charge in [-0.25, -0.2) is 13.2 Å². The monoisotopic (exact) mass is 808 g/mol. The minimum Gasteiger partial charge on any atom is -0.497 e. The molecule has 0 aliphatic carbocycles. The zero-order valence-corrected chi connectivity index (χ0v) is 34.0. The number of ether oxygens (including phenoxy) is 4. The molecule has 1 aliphatic heterocycles. The second-order valence-electron chi connectivity index (χ2n) is 14.0. The van der Waals surface area contributed by atoms with Gasteiger partial charge in [0.2, 0.25) is 10.0 Å². The van der Waals surface area contributed by atoms with Gasteiger partial charge in [0.1, 0.15) is 17.6 Å². The molecule has 5 rings (SSSR count). The van der Waals surface area contributed by atoms with Crippen LogP contribution < -0.4 is 14.8 Å². The van der Waals surface area contributed by atoms with E-state index in [4.69, 9.17) is 28.0 Å². The Kier molecular flexibility index (Phi) is 16.3. The molecule has 0 aromatic heterocycles. The molecule has 4 aromatic carbocycles. The van der Waals surface area contributed by atoms with Gasteiger partial charge in [-0.05, 0) is 78.3 Å². The van der Waals surface area contributed by atoms with Crippen LogP contribution in [0.4, 0.5) is 4.79 Å². The predicted octanol–water partition coefficient (Wildman–Crippen LogP) is 8.21. The van der Waals surface area contributed by atoms with Crippen LogP contribution in [0.15, 0.2) is 114 Å². The number of amides is 1. The van der Waals surface area contributed by atoms with Crippen LogP contribution in [-0.2, 0) is 52.7 Å². The van der Waals surface area contributed by atoms with Crippen molar-refractivity contribution in [1.29, 1.82) is 0 Å². The molecule has 1 fully saturated rings. The van der Waals surface area contributed by atoms with Gasteiger partial charge in [-0.15, -0.1) is 0 Å². The summed E-state index contributed by atoms with van der Waals surface area (Å²) in [7, 11) is -5.97. The molecule has 1 heterocycles. The van der Waals surface area contributed by atoms with Crippen molar-refractivity contribution in [3.63, 3.8) is 0 Å². The van der Waals surface area contributed by atoms with E-state index in [9.17, 15) is 17.8 Å². The molecule has 1 amide bonds. The summed E-state index contributed by atoms with van der Waals surface area (Å²) < 4.78 is 76.7. The van der Waals surface area contributed by atoms with Crippen LogP contribution in [0.5, 0.6) is 11.5 Å². The number of carbonyl (C=O) groups is 1. The summed E-state index contributed by atoms with van der Waals surface area (Å²) in [6.45, 7) is 5.54. The normalized spacial score (nSPS) is 15.1. The van der Waals surface area contributed by atoms with Gasteiger partial charge in [-0.1, -0.05) is 86.6 Å². The molecule has 0 radical (unpaired) electrons. The number of hydrogen-bond donors (Lipinski definition) is 1. The lowest BCUT2D eigenvalue weighted by Gasteiger charge is -2.27. The summed E-state index contributed by atoms with van der Waals surface area (Å²) >= 11 is 0. The van der Waals surface area contributed by atoms with Gasteiger partial charge in [-0.2, -0.15) is 4.31 Å². The number of sulfonamides is 1. The molecule has 14 heteroatoms. The van der Waals surface area contributed by atoms with Crippen LogP contribution in [0.1, 0.15) is 49.8 Å². The number of nitrogens with zero attached hydrogens (tertiary/aromatic N) is 1. The first-order chi connectivity index (χ1) is 27.0. The zero-order valence-electron chi connectivity index (χ0n) is 32.3. The minimum absolute atomic E-state index is 0.0715. The molecule has 4 aromatic rings. The number of aryl methyl sites for hydroxylation is 1. The third-order valence-corrected chi connectivity index (χ3v) is 12.5. The second-order valence-corrected chi connectivity index (χ2v) is 18.0. The Morgan fingerprint density at radius 2 is 1.45 bits per heavy atom. The van der Waals surface area contributed by atoms with Gasteiger partial charge >= 0.3 is 13.7 Å². The molecular formula is C42H53N2O10PS. The summed E-state index contributed by atoms with van der Waals surface area (Å²) in [5, 5.41) is 2.99. The van der Waals surface area contributed by atoms with Gasteiger partial charge in [0, 0.05) is 25.6 Å². The average molecular weight is 809 g/mol. The first kappa shape index (κ1) is 42.9. The van der Waals surface area contributed by atoms with Crippen molar-refractivity contribution in [2.75, 3.05) is 39.8 Å². The zero-order chi connectivity index (χ0) is 39.8. The maximum absolute atomic E-state index is 13.8. The van der Waals surface area contributed by atoms with E-state index in [2.05, 4.69) is 5.32 Å². The molecule has 1 saturated heterocycles. The maximum Gasteiger partial charge on any atom is 0.407 e. The Hall–Kier alpha value is -4.23. The fourth-order valence-corrected chi connectivity index (χ4v) is 8.85. The fraction of sp³-hybridized carbons (Fsp3) is 0.405. The smallest absolute Gasteiger partial charge is 0.407 e. The molecule has 56 heavy (non-hydrogen) atoms. The van der Waals surface area contributed by atoms with Crippen LogP contribution in [-0.4, -0.2) is 70.7 Å². The molecular weight excluding hydrogens is 756 g/mol. The van der Waals surface area contributed by atoms with Crippen molar-refractivity contribution in [3.8, 4) is 11.5 Å². The Morgan fingerprint density at radius 3 is 2.00 bits per heavy atom. The first-order valence-corrected chi connectivity index (χ1v) is 22.0. The van der Waals surface area contributed by atoms with Crippen molar-refractivity contribution in [1.82, 2.24) is 9.62 Å². The highest BCUT2D eigenvalue weighted by Crippen LogP contribution is 2.49. The number of nitrogens with one attached hydrogen (secondary N) is 1. The van der Waals surface area contributed by atoms with Crippen LogP contribution >= 0.6 is 7.60 Å². The number of methoxy groups -OCH3 is 1. The topological polar surface area (TPSA) is 139 Å². The fourth-order valence-electron chi connectivity index (χ4n) is 6.01. The lowest BCUT2D eigenvalue weighted by molar-refractivity contribution is 0.0800. The van der Waals surface area contributed by atoms with E-state index in [0.29, 0.717) is 56.9 Å². The summed E-state index contributed by atoms with van der Waals surface area (Å²) in [6.07, 6.45) is 0.924. The molecule has 302 valence electrons. The van der Waals surface area contributed by atoms with Crippen molar-refractivity contribution in [2.45, 2.75) is 69.8 Å². The number of carbonyl (C=O) groups excluding carboxylic acids is 1. The quantitative estimate of drug-likeness (QED) is 0.0773. The molecule has 0 spiro atoms. The molecule has 1 N–H and O–H groups in total. The Bertz CT molecular complexity index is 1880. The van der Waals surface area contributed by atoms with E-state index in [-0.39, 0.29) is 43.0 Å². The number of rotatable bonds is 22. The number of alkyl carbamates (subject to hydrolysis) is 1. The highest BCUT2D eigenvalue weighted by atomic mass is 32.2. The van der Waals surface area contributed by atoms with Crippen LogP contribution in [0.25, 0.3) is 0 Å². The second kappa shape index (κ2) is 21.3. The Labute approximate surface area is 331 Å². The summed E-state index contributed by atoms with van der Waals surface area (Å²) in [5.74, 6) is 1.13. The molecule has 1 unspecified atom stereocenters.